The van der Waals surface area contributed by atoms with E-state index >= 15 is 0 Å². The molecule has 21 heavy (non-hydrogen) atoms. The number of aliphatic hydroxyl groups is 1. The van der Waals surface area contributed by atoms with Crippen LogP contribution < -0.4 is 4.72 Å². The fraction of sp³-hybridized carbons (Fsp3) is 0.308. The number of aryl methyl sites for hydroxylation is 1. The number of aromatic amines is 1. The Morgan fingerprint density at radius 3 is 2.81 bits per heavy atom. The minimum atomic E-state index is -3.65. The van der Waals surface area contributed by atoms with E-state index in [0.717, 1.165) is 11.4 Å². The zero-order valence-electron chi connectivity index (χ0n) is 11.4. The van der Waals surface area contributed by atoms with Gasteiger partial charge in [0, 0.05) is 29.8 Å². The quantitative estimate of drug-likeness (QED) is 0.714. The summed E-state index contributed by atoms with van der Waals surface area (Å²) in [6, 6.07) is 3.21. The molecule has 0 saturated carbocycles. The van der Waals surface area contributed by atoms with Crippen molar-refractivity contribution in [3.05, 3.63) is 46.0 Å². The molecule has 1 aromatic carbocycles. The summed E-state index contributed by atoms with van der Waals surface area (Å²) < 4.78 is 27.7. The fourth-order valence-corrected chi connectivity index (χ4v) is 4.01. The molecular weight excluding hydrogens is 358 g/mol. The van der Waals surface area contributed by atoms with E-state index in [1.54, 1.807) is 25.4 Å². The summed E-state index contributed by atoms with van der Waals surface area (Å²) in [5.41, 5.74) is 1.31. The second kappa shape index (κ2) is 6.69. The Labute approximate surface area is 131 Å². The van der Waals surface area contributed by atoms with Gasteiger partial charge in [-0.05, 0) is 40.0 Å². The van der Waals surface area contributed by atoms with Crippen LogP contribution in [-0.4, -0.2) is 30.0 Å². The molecule has 2 rings (SSSR count). The van der Waals surface area contributed by atoms with Crippen LogP contribution in [0.2, 0.25) is 0 Å². The van der Waals surface area contributed by atoms with Gasteiger partial charge in [0.15, 0.2) is 0 Å². The third kappa shape index (κ3) is 3.91. The molecule has 114 valence electrons. The normalized spacial score (nSPS) is 11.8. The molecule has 0 spiro atoms. The summed E-state index contributed by atoms with van der Waals surface area (Å²) in [7, 11) is -3.65. The molecule has 0 bridgehead atoms. The number of hydrogen-bond donors (Lipinski definition) is 3. The van der Waals surface area contributed by atoms with E-state index in [0.29, 0.717) is 16.5 Å². The summed E-state index contributed by atoms with van der Waals surface area (Å²) >= 11 is 3.29. The van der Waals surface area contributed by atoms with Gasteiger partial charge in [0.2, 0.25) is 10.0 Å². The first-order chi connectivity index (χ1) is 9.94. The van der Waals surface area contributed by atoms with Crippen LogP contribution >= 0.6 is 15.9 Å². The molecule has 0 atom stereocenters. The van der Waals surface area contributed by atoms with Crippen molar-refractivity contribution in [2.75, 3.05) is 6.54 Å². The van der Waals surface area contributed by atoms with Crippen molar-refractivity contribution in [1.29, 1.82) is 0 Å². The predicted molar refractivity (Wildman–Crippen MR) is 82.3 cm³/mol. The van der Waals surface area contributed by atoms with Crippen molar-refractivity contribution >= 4 is 26.0 Å². The highest BCUT2D eigenvalue weighted by molar-refractivity contribution is 9.10. The van der Waals surface area contributed by atoms with Crippen LogP contribution in [0.4, 0.5) is 0 Å². The van der Waals surface area contributed by atoms with E-state index in [1.807, 2.05) is 0 Å². The standard InChI is InChI=1S/C13H16BrN3O3S/c1-9-6-10(8-18)7-11(13(9)14)21(19,20)17-3-2-12-15-4-5-16-12/h4-7,17-18H,2-3,8H2,1H3,(H,15,16). The maximum absolute atomic E-state index is 12.3. The molecule has 0 saturated heterocycles. The number of nitrogens with one attached hydrogen (secondary N) is 2. The summed E-state index contributed by atoms with van der Waals surface area (Å²) in [6.45, 7) is 1.82. The Bertz CT molecular complexity index is 715. The minimum Gasteiger partial charge on any atom is -0.392 e. The van der Waals surface area contributed by atoms with Crippen LogP contribution in [0.1, 0.15) is 17.0 Å². The molecule has 0 unspecified atom stereocenters. The van der Waals surface area contributed by atoms with Gasteiger partial charge in [0.05, 0.1) is 11.5 Å². The van der Waals surface area contributed by atoms with Gasteiger partial charge in [-0.2, -0.15) is 0 Å². The zero-order valence-corrected chi connectivity index (χ0v) is 13.8. The number of sulfonamides is 1. The Morgan fingerprint density at radius 2 is 2.19 bits per heavy atom. The van der Waals surface area contributed by atoms with Crippen molar-refractivity contribution in [3.8, 4) is 0 Å². The maximum Gasteiger partial charge on any atom is 0.241 e. The summed E-state index contributed by atoms with van der Waals surface area (Å²) in [6.07, 6.45) is 3.78. The van der Waals surface area contributed by atoms with Crippen molar-refractivity contribution in [2.24, 2.45) is 0 Å². The molecule has 0 radical (unpaired) electrons. The Kier molecular flexibility index (Phi) is 5.15. The van der Waals surface area contributed by atoms with E-state index in [1.165, 1.54) is 6.07 Å². The van der Waals surface area contributed by atoms with Crippen LogP contribution in [0.25, 0.3) is 0 Å². The monoisotopic (exact) mass is 373 g/mol. The molecule has 0 fully saturated rings. The van der Waals surface area contributed by atoms with Crippen LogP contribution in [-0.2, 0) is 23.1 Å². The number of imidazole rings is 1. The highest BCUT2D eigenvalue weighted by Crippen LogP contribution is 2.27. The molecule has 0 aliphatic heterocycles. The molecule has 2 aromatic rings. The molecule has 8 heteroatoms. The molecule has 0 aliphatic carbocycles. The zero-order chi connectivity index (χ0) is 15.5. The van der Waals surface area contributed by atoms with Crippen molar-refractivity contribution in [1.82, 2.24) is 14.7 Å². The van der Waals surface area contributed by atoms with Gasteiger partial charge >= 0.3 is 0 Å². The molecule has 0 aliphatic rings. The van der Waals surface area contributed by atoms with E-state index in [-0.39, 0.29) is 18.0 Å². The van der Waals surface area contributed by atoms with Gasteiger partial charge in [-0.1, -0.05) is 6.07 Å². The van der Waals surface area contributed by atoms with Gasteiger partial charge in [0.25, 0.3) is 0 Å². The van der Waals surface area contributed by atoms with Crippen LogP contribution in [0, 0.1) is 6.92 Å². The van der Waals surface area contributed by atoms with Crippen molar-refractivity contribution in [2.45, 2.75) is 24.8 Å². The van der Waals surface area contributed by atoms with Crippen molar-refractivity contribution < 1.29 is 13.5 Å². The highest BCUT2D eigenvalue weighted by atomic mass is 79.9. The largest absolute Gasteiger partial charge is 0.392 e. The first kappa shape index (κ1) is 16.2. The van der Waals surface area contributed by atoms with Gasteiger partial charge in [-0.15, -0.1) is 0 Å². The molecule has 1 heterocycles. The lowest BCUT2D eigenvalue weighted by Gasteiger charge is -2.11. The first-order valence-corrected chi connectivity index (χ1v) is 8.59. The number of halogens is 1. The second-order valence-electron chi connectivity index (χ2n) is 4.57. The topological polar surface area (TPSA) is 95.1 Å². The number of H-pyrrole nitrogens is 1. The highest BCUT2D eigenvalue weighted by Gasteiger charge is 2.19. The number of hydrogen-bond acceptors (Lipinski definition) is 4. The Balaban J connectivity index is 2.17. The third-order valence-corrected chi connectivity index (χ3v) is 5.76. The van der Waals surface area contributed by atoms with Gasteiger partial charge in [0.1, 0.15) is 5.82 Å². The minimum absolute atomic E-state index is 0.131. The number of aliphatic hydroxyl groups excluding tert-OH is 1. The smallest absolute Gasteiger partial charge is 0.241 e. The predicted octanol–water partition coefficient (Wildman–Crippen LogP) is 1.49. The average Bonchev–Trinajstić information content (AvgIpc) is 2.94. The number of rotatable bonds is 6. The Hall–Kier alpha value is -1.22. The lowest BCUT2D eigenvalue weighted by molar-refractivity contribution is 0.281. The lowest BCUT2D eigenvalue weighted by atomic mass is 10.1. The van der Waals surface area contributed by atoms with Crippen LogP contribution in [0.5, 0.6) is 0 Å². The average molecular weight is 374 g/mol. The molecular formula is C13H16BrN3O3S. The van der Waals surface area contributed by atoms with Crippen LogP contribution in [0.3, 0.4) is 0 Å². The summed E-state index contributed by atoms with van der Waals surface area (Å²) in [4.78, 5) is 7.08. The summed E-state index contributed by atoms with van der Waals surface area (Å²) in [5, 5.41) is 9.20. The molecule has 3 N–H and O–H groups in total. The maximum atomic E-state index is 12.3. The van der Waals surface area contributed by atoms with E-state index < -0.39 is 10.0 Å². The van der Waals surface area contributed by atoms with Gasteiger partial charge < -0.3 is 10.1 Å². The van der Waals surface area contributed by atoms with Crippen molar-refractivity contribution in [3.63, 3.8) is 0 Å². The molecule has 0 amide bonds. The second-order valence-corrected chi connectivity index (χ2v) is 7.09. The SMILES string of the molecule is Cc1cc(CO)cc(S(=O)(=O)NCCc2ncc[nH]2)c1Br. The van der Waals surface area contributed by atoms with E-state index in [9.17, 15) is 13.5 Å². The van der Waals surface area contributed by atoms with E-state index in [4.69, 9.17) is 0 Å². The lowest BCUT2D eigenvalue weighted by Crippen LogP contribution is -2.27. The first-order valence-electron chi connectivity index (χ1n) is 6.32. The molecule has 6 nitrogen and oxygen atoms in total. The fourth-order valence-electron chi connectivity index (χ4n) is 1.91. The molecule has 1 aromatic heterocycles. The van der Waals surface area contributed by atoms with E-state index in [2.05, 4.69) is 30.6 Å². The number of aromatic nitrogens is 2. The van der Waals surface area contributed by atoms with Gasteiger partial charge in [-0.3, -0.25) is 0 Å². The van der Waals surface area contributed by atoms with Crippen LogP contribution in [0.15, 0.2) is 33.9 Å². The number of nitrogens with zero attached hydrogens (tertiary/aromatic N) is 1. The number of benzene rings is 1. The third-order valence-electron chi connectivity index (χ3n) is 2.96. The van der Waals surface area contributed by atoms with Gasteiger partial charge in [-0.25, -0.2) is 18.1 Å². The summed E-state index contributed by atoms with van der Waals surface area (Å²) in [5.74, 6) is 0.719. The Morgan fingerprint density at radius 1 is 1.43 bits per heavy atom.